The monoisotopic (exact) mass is 513 g/mol. The van der Waals surface area contributed by atoms with E-state index in [9.17, 15) is 5.11 Å². The second-order valence-electron chi connectivity index (χ2n) is 13.1. The Kier molecular flexibility index (Phi) is 4.26. The lowest BCUT2D eigenvalue weighted by Gasteiger charge is -2.29. The average molecular weight is 514 g/mol. The standard InChI is InChI=1S/C35H33N2O2/c1-33(2,3)25-17-24-26(22-14-10-9-13-21(22)25)28-32(35(28,38)39-6)37-18-36-30-23-16-15-19-11-7-8-12-20(19)27(23)34(4,5)29(30)31(24)37/h7-18,28,32,38H,1-6H3/q+1. The van der Waals surface area contributed by atoms with Gasteiger partial charge in [0, 0.05) is 23.7 Å². The molecule has 4 aromatic carbocycles. The van der Waals surface area contributed by atoms with Crippen LogP contribution in [-0.4, -0.2) is 23.0 Å². The number of rotatable bonds is 1. The van der Waals surface area contributed by atoms with Gasteiger partial charge in [-0.1, -0.05) is 89.2 Å². The van der Waals surface area contributed by atoms with Crippen LogP contribution < -0.4 is 4.57 Å². The number of fused-ring (bicyclic) bond motifs is 14. The van der Waals surface area contributed by atoms with Crippen LogP contribution in [0.5, 0.6) is 0 Å². The molecule has 1 saturated carbocycles. The third kappa shape index (κ3) is 2.71. The molecule has 0 amide bonds. The summed E-state index contributed by atoms with van der Waals surface area (Å²) in [5, 5.41) is 16.8. The third-order valence-electron chi connectivity index (χ3n) is 9.64. The van der Waals surface area contributed by atoms with E-state index in [0.717, 1.165) is 11.4 Å². The summed E-state index contributed by atoms with van der Waals surface area (Å²) in [7, 11) is 1.62. The van der Waals surface area contributed by atoms with Crippen molar-refractivity contribution >= 4 is 21.5 Å². The van der Waals surface area contributed by atoms with Crippen LogP contribution in [0.3, 0.4) is 0 Å². The summed E-state index contributed by atoms with van der Waals surface area (Å²) >= 11 is 0. The SMILES string of the molecule is COC1(O)C2c3c(cc(C(C)(C)C)c4ccccc34)-c3c4c(nc[n+]3C21)-c1ccc2ccccc2c1C4(C)C. The average Bonchev–Trinajstić information content (AvgIpc) is 3.47. The van der Waals surface area contributed by atoms with E-state index in [4.69, 9.17) is 9.72 Å². The maximum atomic E-state index is 11.8. The lowest BCUT2D eigenvalue weighted by molar-refractivity contribution is -0.705. The van der Waals surface area contributed by atoms with Crippen molar-refractivity contribution in [1.29, 1.82) is 0 Å². The van der Waals surface area contributed by atoms with E-state index >= 15 is 0 Å². The quantitative estimate of drug-likeness (QED) is 0.195. The second-order valence-corrected chi connectivity index (χ2v) is 13.1. The molecule has 1 aliphatic heterocycles. The number of aliphatic hydroxyl groups is 1. The molecule has 3 unspecified atom stereocenters. The van der Waals surface area contributed by atoms with Gasteiger partial charge in [0.1, 0.15) is 5.69 Å². The summed E-state index contributed by atoms with van der Waals surface area (Å²) in [4.78, 5) is 5.10. The molecule has 2 aliphatic carbocycles. The fourth-order valence-electron chi connectivity index (χ4n) is 7.89. The zero-order valence-corrected chi connectivity index (χ0v) is 23.3. The Labute approximate surface area is 228 Å². The van der Waals surface area contributed by atoms with E-state index in [-0.39, 0.29) is 22.8 Å². The summed E-state index contributed by atoms with van der Waals surface area (Å²) in [5.41, 5.74) is 9.33. The third-order valence-corrected chi connectivity index (χ3v) is 9.64. The van der Waals surface area contributed by atoms with Gasteiger partial charge in [0.05, 0.1) is 11.5 Å². The van der Waals surface area contributed by atoms with Crippen molar-refractivity contribution in [3.05, 3.63) is 95.3 Å². The van der Waals surface area contributed by atoms with E-state index in [1.807, 2.05) is 6.33 Å². The van der Waals surface area contributed by atoms with E-state index in [0.29, 0.717) is 0 Å². The molecule has 8 rings (SSSR count). The van der Waals surface area contributed by atoms with Crippen molar-refractivity contribution in [2.45, 2.75) is 63.2 Å². The van der Waals surface area contributed by atoms with Crippen LogP contribution in [0.1, 0.15) is 68.8 Å². The number of benzene rings is 4. The summed E-state index contributed by atoms with van der Waals surface area (Å²) in [6.07, 6.45) is 1.94. The van der Waals surface area contributed by atoms with Gasteiger partial charge in [0.15, 0.2) is 11.7 Å². The number of aromatic nitrogens is 2. The molecule has 3 aliphatic rings. The molecule has 1 aromatic heterocycles. The van der Waals surface area contributed by atoms with E-state index < -0.39 is 5.79 Å². The zero-order chi connectivity index (χ0) is 27.1. The smallest absolute Gasteiger partial charge is 0.287 e. The fraction of sp³-hybridized carbons (Fsp3) is 0.314. The minimum atomic E-state index is -1.27. The molecule has 5 aromatic rings. The van der Waals surface area contributed by atoms with Crippen molar-refractivity contribution in [1.82, 2.24) is 4.98 Å². The Morgan fingerprint density at radius 2 is 1.56 bits per heavy atom. The normalized spacial score (nSPS) is 23.7. The van der Waals surface area contributed by atoms with Crippen molar-refractivity contribution < 1.29 is 14.4 Å². The first-order valence-corrected chi connectivity index (χ1v) is 13.9. The first-order chi connectivity index (χ1) is 18.6. The minimum absolute atomic E-state index is 0.0533. The maximum absolute atomic E-state index is 11.8. The minimum Gasteiger partial charge on any atom is -0.362 e. The van der Waals surface area contributed by atoms with E-state index in [1.54, 1.807) is 7.11 Å². The molecule has 0 radical (unpaired) electrons. The van der Waals surface area contributed by atoms with Crippen molar-refractivity contribution in [2.75, 3.05) is 7.11 Å². The molecule has 4 nitrogen and oxygen atoms in total. The number of hydrogen-bond acceptors (Lipinski definition) is 3. The number of ether oxygens (including phenoxy) is 1. The van der Waals surface area contributed by atoms with Crippen molar-refractivity contribution in [2.24, 2.45) is 0 Å². The summed E-state index contributed by atoms with van der Waals surface area (Å²) < 4.78 is 8.07. The zero-order valence-electron chi connectivity index (χ0n) is 23.3. The maximum Gasteiger partial charge on any atom is 0.287 e. The van der Waals surface area contributed by atoms with Crippen LogP contribution in [0.25, 0.3) is 44.1 Å². The van der Waals surface area contributed by atoms with Gasteiger partial charge in [-0.05, 0) is 60.8 Å². The van der Waals surface area contributed by atoms with Gasteiger partial charge in [-0.2, -0.15) is 0 Å². The molecule has 3 atom stereocenters. The largest absolute Gasteiger partial charge is 0.362 e. The molecule has 1 fully saturated rings. The molecule has 0 saturated heterocycles. The molecule has 2 heterocycles. The van der Waals surface area contributed by atoms with Gasteiger partial charge in [0.2, 0.25) is 5.79 Å². The first kappa shape index (κ1) is 23.3. The van der Waals surface area contributed by atoms with Crippen molar-refractivity contribution in [3.63, 3.8) is 0 Å². The second kappa shape index (κ2) is 7.12. The van der Waals surface area contributed by atoms with Gasteiger partial charge in [-0.25, -0.2) is 4.57 Å². The summed E-state index contributed by atoms with van der Waals surface area (Å²) in [5.74, 6) is -1.42. The Morgan fingerprint density at radius 1 is 0.872 bits per heavy atom. The Balaban J connectivity index is 1.53. The summed E-state index contributed by atoms with van der Waals surface area (Å²) in [6, 6.07) is 24.0. The Bertz CT molecular complexity index is 1900. The Hall–Kier alpha value is -3.60. The van der Waals surface area contributed by atoms with Gasteiger partial charge in [0.25, 0.3) is 6.33 Å². The molecule has 4 heteroatoms. The van der Waals surface area contributed by atoms with Crippen LogP contribution in [0, 0.1) is 0 Å². The van der Waals surface area contributed by atoms with Gasteiger partial charge >= 0.3 is 0 Å². The van der Waals surface area contributed by atoms with Crippen LogP contribution in [0.15, 0.2) is 73.1 Å². The van der Waals surface area contributed by atoms with Crippen LogP contribution in [0.2, 0.25) is 0 Å². The van der Waals surface area contributed by atoms with Crippen LogP contribution >= 0.6 is 0 Å². The highest BCUT2D eigenvalue weighted by Crippen LogP contribution is 2.66. The lowest BCUT2D eigenvalue weighted by Crippen LogP contribution is -2.43. The number of nitrogens with zero attached hydrogens (tertiary/aromatic N) is 2. The predicted octanol–water partition coefficient (Wildman–Crippen LogP) is 6.93. The molecule has 0 spiro atoms. The van der Waals surface area contributed by atoms with E-state index in [2.05, 4.69) is 106 Å². The molecular formula is C35H33N2O2+. The van der Waals surface area contributed by atoms with Gasteiger partial charge < -0.3 is 9.84 Å². The van der Waals surface area contributed by atoms with Crippen LogP contribution in [-0.2, 0) is 15.6 Å². The number of methoxy groups -OCH3 is 1. The highest BCUT2D eigenvalue weighted by atomic mass is 16.6. The molecule has 0 bridgehead atoms. The molecular weight excluding hydrogens is 480 g/mol. The fourth-order valence-corrected chi connectivity index (χ4v) is 7.89. The highest BCUT2D eigenvalue weighted by molar-refractivity contribution is 6.00. The van der Waals surface area contributed by atoms with Crippen molar-refractivity contribution in [3.8, 4) is 22.5 Å². The molecule has 1 N–H and O–H groups in total. The molecule has 194 valence electrons. The van der Waals surface area contributed by atoms with Gasteiger partial charge in [-0.15, -0.1) is 0 Å². The van der Waals surface area contributed by atoms with E-state index in [1.165, 1.54) is 54.9 Å². The molecule has 39 heavy (non-hydrogen) atoms. The van der Waals surface area contributed by atoms with Gasteiger partial charge in [-0.3, -0.25) is 0 Å². The Morgan fingerprint density at radius 3 is 2.28 bits per heavy atom. The highest BCUT2D eigenvalue weighted by Gasteiger charge is 2.74. The van der Waals surface area contributed by atoms with Crippen LogP contribution in [0.4, 0.5) is 0 Å². The predicted molar refractivity (Wildman–Crippen MR) is 155 cm³/mol. The topological polar surface area (TPSA) is 46.2 Å². The summed E-state index contributed by atoms with van der Waals surface area (Å²) in [6.45, 7) is 11.5. The first-order valence-electron chi connectivity index (χ1n) is 13.9. The number of hydrogen-bond donors (Lipinski definition) is 1. The lowest BCUT2D eigenvalue weighted by atomic mass is 9.75.